The lowest BCUT2D eigenvalue weighted by atomic mass is 10.0. The SMILES string of the molecule is CCCCCCCCCCCCCCCC[N+](C)(C)NC(=O)CCC(=O)N1CCCCC1.[I-]. The molecule has 0 aromatic carbocycles. The molecule has 0 atom stereocenters. The molecule has 0 aromatic rings. The first-order valence-electron chi connectivity index (χ1n) is 13.9. The van der Waals surface area contributed by atoms with Gasteiger partial charge in [0.25, 0.3) is 5.91 Å². The average Bonchev–Trinajstić information content (AvgIpc) is 2.78. The van der Waals surface area contributed by atoms with Crippen molar-refractivity contribution >= 4 is 11.8 Å². The maximum Gasteiger partial charge on any atom is 0.265 e. The first kappa shape index (κ1) is 32.6. The number of unbranched alkanes of at least 4 members (excludes halogenated alkanes) is 13. The van der Waals surface area contributed by atoms with Crippen molar-refractivity contribution in [1.82, 2.24) is 10.3 Å². The second-order valence-corrected chi connectivity index (χ2v) is 10.5. The molecule has 33 heavy (non-hydrogen) atoms. The number of nitrogens with one attached hydrogen (secondary N) is 1. The molecule has 5 nitrogen and oxygen atoms in total. The number of hydrogen-bond donors (Lipinski definition) is 1. The van der Waals surface area contributed by atoms with E-state index < -0.39 is 0 Å². The van der Waals surface area contributed by atoms with Gasteiger partial charge in [0.05, 0.1) is 14.1 Å². The van der Waals surface area contributed by atoms with Crippen LogP contribution in [0.3, 0.4) is 0 Å². The highest BCUT2D eigenvalue weighted by molar-refractivity contribution is 5.83. The minimum Gasteiger partial charge on any atom is -1.00 e. The van der Waals surface area contributed by atoms with E-state index in [1.54, 1.807) is 0 Å². The molecule has 1 fully saturated rings. The van der Waals surface area contributed by atoms with Crippen LogP contribution in [0.15, 0.2) is 0 Å². The number of piperidine rings is 1. The van der Waals surface area contributed by atoms with Gasteiger partial charge in [-0.15, -0.1) is 0 Å². The summed E-state index contributed by atoms with van der Waals surface area (Å²) in [5.41, 5.74) is 3.09. The number of amides is 2. The summed E-state index contributed by atoms with van der Waals surface area (Å²) < 4.78 is 0.509. The van der Waals surface area contributed by atoms with E-state index in [0.29, 0.717) is 17.4 Å². The monoisotopic (exact) mass is 579 g/mol. The van der Waals surface area contributed by atoms with Crippen LogP contribution in [-0.4, -0.2) is 55.0 Å². The Balaban J connectivity index is 0.0000102. The molecule has 0 unspecified atom stereocenters. The lowest BCUT2D eigenvalue weighted by Crippen LogP contribution is -3.00. The molecule has 1 rings (SSSR count). The summed E-state index contributed by atoms with van der Waals surface area (Å²) in [6.45, 7) is 4.95. The molecule has 1 saturated heterocycles. The second kappa shape index (κ2) is 21.0. The number of rotatable bonds is 19. The van der Waals surface area contributed by atoms with Crippen molar-refractivity contribution in [3.63, 3.8) is 0 Å². The quantitative estimate of drug-likeness (QED) is 0.111. The third-order valence-corrected chi connectivity index (χ3v) is 6.77. The highest BCUT2D eigenvalue weighted by Crippen LogP contribution is 2.14. The van der Waals surface area contributed by atoms with Gasteiger partial charge in [-0.05, 0) is 32.1 Å². The number of hydrogen-bond acceptors (Lipinski definition) is 2. The molecule has 0 saturated carbocycles. The summed E-state index contributed by atoms with van der Waals surface area (Å²) in [5.74, 6) is 0.128. The van der Waals surface area contributed by atoms with Gasteiger partial charge in [0.15, 0.2) is 0 Å². The van der Waals surface area contributed by atoms with Gasteiger partial charge in [-0.1, -0.05) is 84.0 Å². The van der Waals surface area contributed by atoms with Gasteiger partial charge in [0.1, 0.15) is 6.54 Å². The summed E-state index contributed by atoms with van der Waals surface area (Å²) >= 11 is 0. The third-order valence-electron chi connectivity index (χ3n) is 6.77. The molecule has 1 aliphatic heterocycles. The highest BCUT2D eigenvalue weighted by Gasteiger charge is 2.21. The molecule has 2 amide bonds. The summed E-state index contributed by atoms with van der Waals surface area (Å²) in [5, 5.41) is 0. The maximum absolute atomic E-state index is 12.3. The van der Waals surface area contributed by atoms with Gasteiger partial charge < -0.3 is 28.9 Å². The fraction of sp³-hybridized carbons (Fsp3) is 0.926. The van der Waals surface area contributed by atoms with Gasteiger partial charge in [0.2, 0.25) is 5.91 Å². The van der Waals surface area contributed by atoms with E-state index in [9.17, 15) is 9.59 Å². The molecular formula is C27H54IN3O2. The molecule has 1 aliphatic rings. The zero-order valence-corrected chi connectivity index (χ0v) is 24.3. The first-order chi connectivity index (χ1) is 15.4. The molecule has 6 heteroatoms. The predicted octanol–water partition coefficient (Wildman–Crippen LogP) is 3.37. The first-order valence-corrected chi connectivity index (χ1v) is 13.9. The van der Waals surface area contributed by atoms with Crippen LogP contribution in [0.5, 0.6) is 0 Å². The van der Waals surface area contributed by atoms with Crippen LogP contribution in [0.4, 0.5) is 0 Å². The molecule has 0 aliphatic carbocycles. The Hall–Kier alpha value is -0.370. The molecule has 0 bridgehead atoms. The largest absolute Gasteiger partial charge is 1.00 e. The van der Waals surface area contributed by atoms with Crippen molar-refractivity contribution in [1.29, 1.82) is 0 Å². The molecule has 0 spiro atoms. The van der Waals surface area contributed by atoms with E-state index in [-0.39, 0.29) is 35.8 Å². The van der Waals surface area contributed by atoms with Crippen molar-refractivity contribution in [3.8, 4) is 0 Å². The number of halogens is 1. The van der Waals surface area contributed by atoms with Gasteiger partial charge >= 0.3 is 0 Å². The zero-order chi connectivity index (χ0) is 23.5. The number of carbonyl (C=O) groups is 2. The fourth-order valence-corrected chi connectivity index (χ4v) is 4.67. The maximum atomic E-state index is 12.3. The average molecular weight is 580 g/mol. The Morgan fingerprint density at radius 2 is 1.15 bits per heavy atom. The minimum absolute atomic E-state index is 0. The van der Waals surface area contributed by atoms with E-state index in [1.807, 2.05) is 19.0 Å². The second-order valence-electron chi connectivity index (χ2n) is 10.5. The molecule has 196 valence electrons. The Morgan fingerprint density at radius 3 is 1.64 bits per heavy atom. The Bertz CT molecular complexity index is 494. The number of carbonyl (C=O) groups excluding carboxylic acids is 2. The predicted molar refractivity (Wildman–Crippen MR) is 135 cm³/mol. The fourth-order valence-electron chi connectivity index (χ4n) is 4.67. The van der Waals surface area contributed by atoms with Crippen molar-refractivity contribution in [2.24, 2.45) is 0 Å². The molecule has 1 heterocycles. The van der Waals surface area contributed by atoms with E-state index in [0.717, 1.165) is 38.9 Å². The molecule has 0 aromatic heterocycles. The van der Waals surface area contributed by atoms with E-state index in [1.165, 1.54) is 89.9 Å². The summed E-state index contributed by atoms with van der Waals surface area (Å²) in [4.78, 5) is 26.4. The van der Waals surface area contributed by atoms with E-state index >= 15 is 0 Å². The van der Waals surface area contributed by atoms with Crippen molar-refractivity contribution in [2.45, 2.75) is 129 Å². The number of nitrogens with zero attached hydrogens (tertiary/aromatic N) is 2. The van der Waals surface area contributed by atoms with E-state index in [4.69, 9.17) is 0 Å². The van der Waals surface area contributed by atoms with Crippen LogP contribution in [0.25, 0.3) is 0 Å². The van der Waals surface area contributed by atoms with Crippen LogP contribution < -0.4 is 29.4 Å². The van der Waals surface area contributed by atoms with Crippen molar-refractivity contribution < 1.29 is 38.2 Å². The van der Waals surface area contributed by atoms with Crippen LogP contribution in [-0.2, 0) is 9.59 Å². The summed E-state index contributed by atoms with van der Waals surface area (Å²) in [6.07, 6.45) is 23.1. The van der Waals surface area contributed by atoms with Gasteiger partial charge in [0, 0.05) is 25.9 Å². The Kier molecular flexibility index (Phi) is 20.7. The summed E-state index contributed by atoms with van der Waals surface area (Å²) in [7, 11) is 4.10. The third kappa shape index (κ3) is 18.6. The highest BCUT2D eigenvalue weighted by atomic mass is 127. The molecule has 0 radical (unpaired) electrons. The Morgan fingerprint density at radius 1 is 0.697 bits per heavy atom. The lowest BCUT2D eigenvalue weighted by molar-refractivity contribution is -0.925. The van der Waals surface area contributed by atoms with Crippen LogP contribution in [0.1, 0.15) is 129 Å². The smallest absolute Gasteiger partial charge is 0.265 e. The van der Waals surface area contributed by atoms with Crippen LogP contribution >= 0.6 is 0 Å². The van der Waals surface area contributed by atoms with Crippen LogP contribution in [0, 0.1) is 0 Å². The van der Waals surface area contributed by atoms with Gasteiger partial charge in [-0.25, -0.2) is 10.0 Å². The van der Waals surface area contributed by atoms with Crippen LogP contribution in [0.2, 0.25) is 0 Å². The minimum atomic E-state index is -0.00859. The standard InChI is InChI=1S/C27H53N3O2.HI/c1-4-5-6-7-8-9-10-11-12-13-14-15-16-20-25-30(2,3)28-26(31)21-22-27(32)29-23-18-17-19-24-29;/h4-25H2,1-3H3;1H. The van der Waals surface area contributed by atoms with Crippen molar-refractivity contribution in [2.75, 3.05) is 33.7 Å². The summed E-state index contributed by atoms with van der Waals surface area (Å²) in [6, 6.07) is 0. The lowest BCUT2D eigenvalue weighted by Gasteiger charge is -2.29. The normalized spacial score (nSPS) is 14.1. The number of likely N-dealkylation sites (tertiary alicyclic amines) is 1. The number of quaternary nitrogens is 1. The van der Waals surface area contributed by atoms with Crippen molar-refractivity contribution in [3.05, 3.63) is 0 Å². The van der Waals surface area contributed by atoms with E-state index in [2.05, 4.69) is 12.3 Å². The van der Waals surface area contributed by atoms with Gasteiger partial charge in [-0.2, -0.15) is 0 Å². The molecule has 1 N–H and O–H groups in total. The topological polar surface area (TPSA) is 49.4 Å². The molecular weight excluding hydrogens is 525 g/mol. The van der Waals surface area contributed by atoms with Gasteiger partial charge in [-0.3, -0.25) is 9.59 Å². The Labute approximate surface area is 222 Å². The zero-order valence-electron chi connectivity index (χ0n) is 22.1.